The third kappa shape index (κ3) is 4.03. The van der Waals surface area contributed by atoms with Gasteiger partial charge in [0.1, 0.15) is 11.5 Å². The van der Waals surface area contributed by atoms with Crippen molar-refractivity contribution >= 4 is 11.6 Å². The van der Waals surface area contributed by atoms with Crippen LogP contribution in [0.5, 0.6) is 5.88 Å². The van der Waals surface area contributed by atoms with Crippen LogP contribution >= 0.6 is 0 Å². The monoisotopic (exact) mass is 299 g/mol. The van der Waals surface area contributed by atoms with Crippen LogP contribution in [-0.2, 0) is 0 Å². The molecule has 22 heavy (non-hydrogen) atoms. The molecule has 0 fully saturated rings. The molecule has 0 aliphatic rings. The fourth-order valence-electron chi connectivity index (χ4n) is 1.66. The Balaban J connectivity index is 2.08. The molecule has 0 aliphatic carbocycles. The first-order valence-corrected chi connectivity index (χ1v) is 6.53. The molecule has 0 saturated heterocycles. The minimum Gasteiger partial charge on any atom is -0.463 e. The number of halogens is 1. The lowest BCUT2D eigenvalue weighted by atomic mass is 10.2. The van der Waals surface area contributed by atoms with Gasteiger partial charge in [-0.25, -0.2) is 14.4 Å². The molecule has 1 amide bonds. The van der Waals surface area contributed by atoms with Gasteiger partial charge in [-0.05, 0) is 38.1 Å². The topological polar surface area (TPSA) is 64.1 Å². The molecule has 5 nitrogen and oxygen atoms in total. The number of rotatable bonds is 4. The standard InChI is InChI=1S/C16H14FN3O2/c1-3-4-9-22-14-10-18-15(11(2)19-14)16(21)20-13-7-5-12(17)6-8-13/h5-8,10H,9H2,1-2H3,(H,20,21). The van der Waals surface area contributed by atoms with E-state index in [1.807, 2.05) is 0 Å². The summed E-state index contributed by atoms with van der Waals surface area (Å²) in [6.45, 7) is 3.58. The maximum Gasteiger partial charge on any atom is 0.276 e. The van der Waals surface area contributed by atoms with Crippen molar-refractivity contribution in [1.82, 2.24) is 9.97 Å². The lowest BCUT2D eigenvalue weighted by Gasteiger charge is -2.08. The van der Waals surface area contributed by atoms with Crippen molar-refractivity contribution in [2.75, 3.05) is 11.9 Å². The Morgan fingerprint density at radius 1 is 1.36 bits per heavy atom. The summed E-state index contributed by atoms with van der Waals surface area (Å²) in [5.74, 6) is 4.95. The third-order valence-electron chi connectivity index (χ3n) is 2.71. The average Bonchev–Trinajstić information content (AvgIpc) is 2.50. The Labute approximate surface area is 127 Å². The number of benzene rings is 1. The number of aromatic nitrogens is 2. The number of ether oxygens (including phenoxy) is 1. The predicted molar refractivity (Wildman–Crippen MR) is 80.1 cm³/mol. The number of anilines is 1. The van der Waals surface area contributed by atoms with Crippen LogP contribution in [0.4, 0.5) is 10.1 Å². The van der Waals surface area contributed by atoms with E-state index in [2.05, 4.69) is 27.1 Å². The average molecular weight is 299 g/mol. The van der Waals surface area contributed by atoms with Gasteiger partial charge in [0.15, 0.2) is 6.61 Å². The van der Waals surface area contributed by atoms with Crippen LogP contribution in [0.1, 0.15) is 23.1 Å². The molecule has 1 aromatic heterocycles. The number of amides is 1. The van der Waals surface area contributed by atoms with E-state index in [1.54, 1.807) is 13.8 Å². The summed E-state index contributed by atoms with van der Waals surface area (Å²) in [6, 6.07) is 5.47. The summed E-state index contributed by atoms with van der Waals surface area (Å²) in [5.41, 5.74) is 1.09. The Hall–Kier alpha value is -2.94. The Morgan fingerprint density at radius 3 is 2.73 bits per heavy atom. The predicted octanol–water partition coefficient (Wildman–Crippen LogP) is 2.58. The number of carbonyl (C=O) groups excluding carboxylic acids is 1. The second-order valence-electron chi connectivity index (χ2n) is 4.32. The van der Waals surface area contributed by atoms with Gasteiger partial charge in [0.05, 0.1) is 11.9 Å². The summed E-state index contributed by atoms with van der Waals surface area (Å²) in [6.07, 6.45) is 1.36. The first-order valence-electron chi connectivity index (χ1n) is 6.53. The molecule has 1 aromatic carbocycles. The summed E-state index contributed by atoms with van der Waals surface area (Å²) in [5, 5.41) is 2.63. The van der Waals surface area contributed by atoms with Crippen LogP contribution in [-0.4, -0.2) is 22.5 Å². The van der Waals surface area contributed by atoms with Crippen LogP contribution < -0.4 is 10.1 Å². The molecule has 2 aromatic rings. The van der Waals surface area contributed by atoms with Crippen molar-refractivity contribution in [1.29, 1.82) is 0 Å². The Morgan fingerprint density at radius 2 is 2.09 bits per heavy atom. The molecule has 0 unspecified atom stereocenters. The quantitative estimate of drug-likeness (QED) is 0.881. The third-order valence-corrected chi connectivity index (χ3v) is 2.71. The van der Waals surface area contributed by atoms with Crippen LogP contribution in [0.3, 0.4) is 0 Å². The van der Waals surface area contributed by atoms with Gasteiger partial charge in [-0.15, -0.1) is 5.92 Å². The molecule has 0 radical (unpaired) electrons. The first-order chi connectivity index (χ1) is 10.6. The highest BCUT2D eigenvalue weighted by atomic mass is 19.1. The number of nitrogens with one attached hydrogen (secondary N) is 1. The number of hydrogen-bond donors (Lipinski definition) is 1. The largest absolute Gasteiger partial charge is 0.463 e. The van der Waals surface area contributed by atoms with Gasteiger partial charge in [0, 0.05) is 5.69 Å². The van der Waals surface area contributed by atoms with E-state index < -0.39 is 5.91 Å². The number of nitrogens with zero attached hydrogens (tertiary/aromatic N) is 2. The molecule has 0 aliphatic heterocycles. The minimum atomic E-state index is -0.420. The number of aryl methyl sites for hydroxylation is 1. The van der Waals surface area contributed by atoms with Gasteiger partial charge < -0.3 is 10.1 Å². The van der Waals surface area contributed by atoms with Crippen molar-refractivity contribution in [3.63, 3.8) is 0 Å². The lowest BCUT2D eigenvalue weighted by molar-refractivity contribution is 0.102. The fraction of sp³-hybridized carbons (Fsp3) is 0.188. The lowest BCUT2D eigenvalue weighted by Crippen LogP contribution is -2.16. The summed E-state index contributed by atoms with van der Waals surface area (Å²) >= 11 is 0. The van der Waals surface area contributed by atoms with Gasteiger partial charge in [-0.1, -0.05) is 5.92 Å². The van der Waals surface area contributed by atoms with Gasteiger partial charge in [0.2, 0.25) is 5.88 Å². The molecule has 0 bridgehead atoms. The van der Waals surface area contributed by atoms with E-state index in [9.17, 15) is 9.18 Å². The number of hydrogen-bond acceptors (Lipinski definition) is 4. The van der Waals surface area contributed by atoms with Crippen LogP contribution in [0.25, 0.3) is 0 Å². The van der Waals surface area contributed by atoms with Crippen molar-refractivity contribution in [2.24, 2.45) is 0 Å². The fourth-order valence-corrected chi connectivity index (χ4v) is 1.66. The maximum atomic E-state index is 12.8. The Kier molecular flexibility index (Phi) is 5.04. The molecule has 0 atom stereocenters. The molecular formula is C16H14FN3O2. The number of carbonyl (C=O) groups is 1. The first kappa shape index (κ1) is 15.4. The molecule has 6 heteroatoms. The molecule has 0 spiro atoms. The molecule has 112 valence electrons. The molecular weight excluding hydrogens is 285 g/mol. The summed E-state index contributed by atoms with van der Waals surface area (Å²) < 4.78 is 18.1. The zero-order chi connectivity index (χ0) is 15.9. The van der Waals surface area contributed by atoms with Crippen LogP contribution in [0, 0.1) is 24.6 Å². The highest BCUT2D eigenvalue weighted by molar-refractivity contribution is 6.03. The van der Waals surface area contributed by atoms with Crippen molar-refractivity contribution in [3.8, 4) is 17.7 Å². The SMILES string of the molecule is CC#CCOc1cnc(C(=O)Nc2ccc(F)cc2)c(C)n1. The molecule has 1 N–H and O–H groups in total. The highest BCUT2D eigenvalue weighted by Gasteiger charge is 2.13. The summed E-state index contributed by atoms with van der Waals surface area (Å²) in [4.78, 5) is 20.3. The van der Waals surface area contributed by atoms with Gasteiger partial charge in [-0.3, -0.25) is 4.79 Å². The van der Waals surface area contributed by atoms with E-state index >= 15 is 0 Å². The molecule has 2 rings (SSSR count). The molecule has 0 saturated carbocycles. The van der Waals surface area contributed by atoms with E-state index in [4.69, 9.17) is 4.74 Å². The minimum absolute atomic E-state index is 0.179. The van der Waals surface area contributed by atoms with E-state index in [0.29, 0.717) is 17.3 Å². The highest BCUT2D eigenvalue weighted by Crippen LogP contribution is 2.13. The van der Waals surface area contributed by atoms with Crippen molar-refractivity contribution in [3.05, 3.63) is 47.7 Å². The van der Waals surface area contributed by atoms with E-state index in [1.165, 1.54) is 30.5 Å². The van der Waals surface area contributed by atoms with Crippen LogP contribution in [0.2, 0.25) is 0 Å². The van der Waals surface area contributed by atoms with Gasteiger partial charge >= 0.3 is 0 Å². The smallest absolute Gasteiger partial charge is 0.276 e. The van der Waals surface area contributed by atoms with Crippen molar-refractivity contribution < 1.29 is 13.9 Å². The van der Waals surface area contributed by atoms with E-state index in [0.717, 1.165) is 0 Å². The second kappa shape index (κ2) is 7.18. The zero-order valence-corrected chi connectivity index (χ0v) is 12.2. The van der Waals surface area contributed by atoms with Crippen LogP contribution in [0.15, 0.2) is 30.5 Å². The maximum absolute atomic E-state index is 12.8. The van der Waals surface area contributed by atoms with Crippen molar-refractivity contribution in [2.45, 2.75) is 13.8 Å². The zero-order valence-electron chi connectivity index (χ0n) is 12.2. The molecule has 1 heterocycles. The Bertz CT molecular complexity index is 733. The van der Waals surface area contributed by atoms with Gasteiger partial charge in [-0.2, -0.15) is 0 Å². The normalized spacial score (nSPS) is 9.59. The van der Waals surface area contributed by atoms with Gasteiger partial charge in [0.25, 0.3) is 5.91 Å². The van der Waals surface area contributed by atoms with E-state index in [-0.39, 0.29) is 18.1 Å². The summed E-state index contributed by atoms with van der Waals surface area (Å²) in [7, 11) is 0. The second-order valence-corrected chi connectivity index (χ2v) is 4.32.